The molecule has 2 aromatic rings. The minimum atomic E-state index is -1.18. The van der Waals surface area contributed by atoms with Crippen LogP contribution in [-0.4, -0.2) is 62.1 Å². The number of benzene rings is 2. The highest BCUT2D eigenvalue weighted by atomic mass is 16.5. The molecule has 0 aliphatic rings. The fraction of sp³-hybridized carbons (Fsp3) is 0.318. The molecule has 0 spiro atoms. The molecule has 0 fully saturated rings. The van der Waals surface area contributed by atoms with Crippen molar-refractivity contribution in [3.8, 4) is 17.2 Å². The largest absolute Gasteiger partial charge is 0.493 e. The van der Waals surface area contributed by atoms with E-state index < -0.39 is 23.7 Å². The van der Waals surface area contributed by atoms with Crippen LogP contribution in [0.2, 0.25) is 0 Å². The number of ketones is 1. The lowest BCUT2D eigenvalue weighted by Crippen LogP contribution is -2.45. The van der Waals surface area contributed by atoms with Crippen LogP contribution in [0.3, 0.4) is 0 Å². The van der Waals surface area contributed by atoms with Crippen LogP contribution < -0.4 is 14.2 Å². The van der Waals surface area contributed by atoms with Crippen molar-refractivity contribution in [3.05, 3.63) is 53.6 Å². The Kier molecular flexibility index (Phi) is 7.80. The third kappa shape index (κ3) is 5.08. The third-order valence-corrected chi connectivity index (χ3v) is 4.74. The minimum Gasteiger partial charge on any atom is -0.493 e. The van der Waals surface area contributed by atoms with Gasteiger partial charge in [0.1, 0.15) is 6.04 Å². The number of methoxy groups -OCH3 is 3. The van der Waals surface area contributed by atoms with Crippen molar-refractivity contribution in [1.29, 1.82) is 0 Å². The predicted molar refractivity (Wildman–Crippen MR) is 109 cm³/mol. The maximum Gasteiger partial charge on any atom is 0.326 e. The predicted octanol–water partition coefficient (Wildman–Crippen LogP) is 2.44. The summed E-state index contributed by atoms with van der Waals surface area (Å²) in [5.74, 6) is -2.28. The monoisotopic (exact) mass is 415 g/mol. The van der Waals surface area contributed by atoms with Crippen molar-refractivity contribution in [2.75, 3.05) is 28.4 Å². The molecule has 0 bridgehead atoms. The van der Waals surface area contributed by atoms with Gasteiger partial charge in [-0.1, -0.05) is 30.3 Å². The molecule has 1 amide bonds. The Balaban J connectivity index is 2.24. The van der Waals surface area contributed by atoms with Crippen LogP contribution in [0, 0.1) is 0 Å². The summed E-state index contributed by atoms with van der Waals surface area (Å²) in [4.78, 5) is 38.2. The van der Waals surface area contributed by atoms with Gasteiger partial charge in [0.25, 0.3) is 11.7 Å². The Morgan fingerprint density at radius 1 is 0.967 bits per heavy atom. The van der Waals surface area contributed by atoms with E-state index in [2.05, 4.69) is 0 Å². The van der Waals surface area contributed by atoms with Gasteiger partial charge in [-0.25, -0.2) is 4.79 Å². The Labute approximate surface area is 175 Å². The molecular formula is C22H25NO7. The topological polar surface area (TPSA) is 102 Å². The van der Waals surface area contributed by atoms with Crippen molar-refractivity contribution in [1.82, 2.24) is 4.90 Å². The van der Waals surface area contributed by atoms with Crippen LogP contribution in [0.15, 0.2) is 42.5 Å². The lowest BCUT2D eigenvalue weighted by molar-refractivity contribution is -0.147. The lowest BCUT2D eigenvalue weighted by atomic mass is 10.0. The van der Waals surface area contributed by atoms with Gasteiger partial charge in [-0.2, -0.15) is 0 Å². The molecule has 0 unspecified atom stereocenters. The molecule has 0 saturated heterocycles. The molecule has 1 N–H and O–H groups in total. The number of aliphatic carboxylic acids is 1. The molecule has 30 heavy (non-hydrogen) atoms. The van der Waals surface area contributed by atoms with Crippen LogP contribution in [0.25, 0.3) is 0 Å². The maximum atomic E-state index is 12.8. The normalized spacial score (nSPS) is 11.3. The Bertz CT molecular complexity index is 886. The first-order valence-electron chi connectivity index (χ1n) is 9.22. The van der Waals surface area contributed by atoms with Crippen LogP contribution in [0.4, 0.5) is 0 Å². The van der Waals surface area contributed by atoms with Gasteiger partial charge >= 0.3 is 5.97 Å². The molecule has 1 atom stereocenters. The van der Waals surface area contributed by atoms with Crippen molar-refractivity contribution in [2.24, 2.45) is 0 Å². The van der Waals surface area contributed by atoms with Crippen molar-refractivity contribution < 1.29 is 33.7 Å². The van der Waals surface area contributed by atoms with E-state index >= 15 is 0 Å². The van der Waals surface area contributed by atoms with Gasteiger partial charge < -0.3 is 24.2 Å². The first-order chi connectivity index (χ1) is 14.3. The van der Waals surface area contributed by atoms with Gasteiger partial charge in [0, 0.05) is 12.6 Å². The highest BCUT2D eigenvalue weighted by Gasteiger charge is 2.31. The summed E-state index contributed by atoms with van der Waals surface area (Å²) in [6.45, 7) is 0. The lowest BCUT2D eigenvalue weighted by Gasteiger charge is -2.24. The van der Waals surface area contributed by atoms with E-state index in [0.717, 1.165) is 10.5 Å². The summed E-state index contributed by atoms with van der Waals surface area (Å²) >= 11 is 0. The van der Waals surface area contributed by atoms with E-state index in [1.54, 1.807) is 0 Å². The SMILES string of the molecule is COc1cc(C(=O)C(=O)N(C)[C@@H](CCc2ccccc2)C(=O)O)cc(OC)c1OC. The summed E-state index contributed by atoms with van der Waals surface area (Å²) < 4.78 is 15.6. The van der Waals surface area contributed by atoms with Crippen molar-refractivity contribution in [3.63, 3.8) is 0 Å². The highest BCUT2D eigenvalue weighted by Crippen LogP contribution is 2.38. The standard InChI is InChI=1S/C22H25NO7/c1-23(16(22(26)27)11-10-14-8-6-5-7-9-14)21(25)19(24)15-12-17(28-2)20(30-4)18(13-15)29-3/h5-9,12-13,16H,10-11H2,1-4H3,(H,26,27)/t16-/m0/s1. The van der Waals surface area contributed by atoms with Crippen molar-refractivity contribution in [2.45, 2.75) is 18.9 Å². The van der Waals surface area contributed by atoms with Gasteiger partial charge in [0.2, 0.25) is 5.75 Å². The van der Waals surface area contributed by atoms with Crippen LogP contribution >= 0.6 is 0 Å². The smallest absolute Gasteiger partial charge is 0.326 e. The number of carboxylic acids is 1. The minimum absolute atomic E-state index is 0.00791. The summed E-state index contributed by atoms with van der Waals surface area (Å²) in [6.07, 6.45) is 0.623. The molecule has 0 radical (unpaired) electrons. The second kappa shape index (κ2) is 10.3. The number of Topliss-reactive ketones (excluding diaryl/α,β-unsaturated/α-hetero) is 1. The number of amides is 1. The van der Waals surface area contributed by atoms with E-state index in [-0.39, 0.29) is 29.2 Å². The summed E-state index contributed by atoms with van der Waals surface area (Å²) in [5, 5.41) is 9.59. The van der Waals surface area contributed by atoms with Gasteiger partial charge in [-0.3, -0.25) is 9.59 Å². The molecule has 0 heterocycles. The van der Waals surface area contributed by atoms with Gasteiger partial charge in [0.15, 0.2) is 11.5 Å². The van der Waals surface area contributed by atoms with E-state index in [1.165, 1.54) is 40.5 Å². The van der Waals surface area contributed by atoms with Crippen LogP contribution in [-0.2, 0) is 16.0 Å². The molecule has 0 aromatic heterocycles. The summed E-state index contributed by atoms with van der Waals surface area (Å²) in [7, 11) is 5.51. The van der Waals surface area contributed by atoms with Crippen molar-refractivity contribution >= 4 is 17.7 Å². The first-order valence-corrected chi connectivity index (χ1v) is 9.22. The molecule has 2 rings (SSSR count). The summed E-state index contributed by atoms with van der Waals surface area (Å²) in [5.41, 5.74) is 0.953. The number of nitrogens with zero attached hydrogens (tertiary/aromatic N) is 1. The van der Waals surface area contributed by atoms with Gasteiger partial charge in [0.05, 0.1) is 21.3 Å². The van der Waals surface area contributed by atoms with Crippen LogP contribution in [0.1, 0.15) is 22.3 Å². The zero-order valence-corrected chi connectivity index (χ0v) is 17.4. The Hall–Kier alpha value is -3.55. The van der Waals surface area contributed by atoms with Crippen LogP contribution in [0.5, 0.6) is 17.2 Å². The van der Waals surface area contributed by atoms with Gasteiger partial charge in [-0.15, -0.1) is 0 Å². The molecule has 8 nitrogen and oxygen atoms in total. The number of likely N-dealkylation sites (N-methyl/N-ethyl adjacent to an activating group) is 1. The van der Waals surface area contributed by atoms with E-state index in [1.807, 2.05) is 30.3 Å². The number of ether oxygens (including phenoxy) is 3. The molecular weight excluding hydrogens is 390 g/mol. The zero-order valence-electron chi connectivity index (χ0n) is 17.4. The molecule has 0 saturated carbocycles. The molecule has 8 heteroatoms. The number of rotatable bonds is 10. The second-order valence-electron chi connectivity index (χ2n) is 6.54. The fourth-order valence-corrected chi connectivity index (χ4v) is 3.07. The van der Waals surface area contributed by atoms with E-state index in [4.69, 9.17) is 14.2 Å². The second-order valence-corrected chi connectivity index (χ2v) is 6.54. The average Bonchev–Trinajstić information content (AvgIpc) is 2.77. The average molecular weight is 415 g/mol. The molecule has 2 aromatic carbocycles. The first kappa shape index (κ1) is 22.7. The summed E-state index contributed by atoms with van der Waals surface area (Å²) in [6, 6.07) is 10.9. The fourth-order valence-electron chi connectivity index (χ4n) is 3.07. The zero-order chi connectivity index (χ0) is 22.3. The van der Waals surface area contributed by atoms with Gasteiger partial charge in [-0.05, 0) is 30.5 Å². The Morgan fingerprint density at radius 3 is 2.00 bits per heavy atom. The quantitative estimate of drug-likeness (QED) is 0.470. The third-order valence-electron chi connectivity index (χ3n) is 4.74. The van der Waals surface area contributed by atoms with E-state index in [0.29, 0.717) is 6.42 Å². The molecule has 0 aliphatic carbocycles. The van der Waals surface area contributed by atoms with E-state index in [9.17, 15) is 19.5 Å². The number of aryl methyl sites for hydroxylation is 1. The highest BCUT2D eigenvalue weighted by molar-refractivity contribution is 6.43. The molecule has 0 aliphatic heterocycles. The number of carbonyl (C=O) groups is 3. The Morgan fingerprint density at radius 2 is 1.53 bits per heavy atom. The number of carbonyl (C=O) groups excluding carboxylic acids is 2. The number of carboxylic acid groups (broad SMARTS) is 1. The number of hydrogen-bond acceptors (Lipinski definition) is 6. The maximum absolute atomic E-state index is 12.8. The number of hydrogen-bond donors (Lipinski definition) is 1. The molecule has 160 valence electrons.